The molecule has 0 saturated carbocycles. The van der Waals surface area contributed by atoms with Crippen molar-refractivity contribution in [3.63, 3.8) is 0 Å². The molecule has 0 aliphatic carbocycles. The van der Waals surface area contributed by atoms with Crippen LogP contribution in [0.1, 0.15) is 48.7 Å². The minimum atomic E-state index is 0.00557. The third-order valence-electron chi connectivity index (χ3n) is 3.55. The van der Waals surface area contributed by atoms with Gasteiger partial charge in [-0.05, 0) is 37.0 Å². The lowest BCUT2D eigenvalue weighted by atomic mass is 9.92. The molecule has 2 aromatic rings. The van der Waals surface area contributed by atoms with Crippen LogP contribution in [0.5, 0.6) is 0 Å². The summed E-state index contributed by atoms with van der Waals surface area (Å²) in [6.07, 6.45) is 5.55. The predicted molar refractivity (Wildman–Crippen MR) is 79.4 cm³/mol. The number of aromatic nitrogens is 2. The molecule has 102 valence electrons. The smallest absolute Gasteiger partial charge is 0.109 e. The Balaban J connectivity index is 2.11. The summed E-state index contributed by atoms with van der Waals surface area (Å²) in [6.45, 7) is 4.16. The highest BCUT2D eigenvalue weighted by Gasteiger charge is 2.17. The highest BCUT2D eigenvalue weighted by atomic mass is 35.5. The van der Waals surface area contributed by atoms with Crippen LogP contribution in [-0.2, 0) is 0 Å². The lowest BCUT2D eigenvalue weighted by molar-refractivity contribution is 0.512. The summed E-state index contributed by atoms with van der Waals surface area (Å²) < 4.78 is 0. The Morgan fingerprint density at radius 1 is 1.42 bits per heavy atom. The van der Waals surface area contributed by atoms with Gasteiger partial charge in [0.1, 0.15) is 5.82 Å². The van der Waals surface area contributed by atoms with Crippen LogP contribution in [0.4, 0.5) is 0 Å². The molecule has 2 unspecified atom stereocenters. The quantitative estimate of drug-likeness (QED) is 0.869. The van der Waals surface area contributed by atoms with Gasteiger partial charge >= 0.3 is 0 Å². The van der Waals surface area contributed by atoms with E-state index in [0.29, 0.717) is 5.92 Å². The predicted octanol–water partition coefficient (Wildman–Crippen LogP) is 3.96. The zero-order valence-corrected chi connectivity index (χ0v) is 12.1. The van der Waals surface area contributed by atoms with E-state index in [-0.39, 0.29) is 6.04 Å². The molecule has 1 heterocycles. The summed E-state index contributed by atoms with van der Waals surface area (Å²) >= 11 is 6.04. The molecule has 0 amide bonds. The molecule has 19 heavy (non-hydrogen) atoms. The Kier molecular flexibility index (Phi) is 4.61. The van der Waals surface area contributed by atoms with Gasteiger partial charge < -0.3 is 10.7 Å². The topological polar surface area (TPSA) is 54.7 Å². The molecule has 0 aliphatic heterocycles. The van der Waals surface area contributed by atoms with E-state index in [4.69, 9.17) is 17.3 Å². The molecule has 2 rings (SSSR count). The fourth-order valence-electron chi connectivity index (χ4n) is 2.31. The number of nitrogens with zero attached hydrogens (tertiary/aromatic N) is 1. The second-order valence-corrected chi connectivity index (χ2v) is 5.34. The Hall–Kier alpha value is -1.32. The van der Waals surface area contributed by atoms with Crippen LogP contribution in [0.3, 0.4) is 0 Å². The monoisotopic (exact) mass is 277 g/mol. The number of hydrogen-bond donors (Lipinski definition) is 2. The molecule has 1 aromatic carbocycles. The highest BCUT2D eigenvalue weighted by Crippen LogP contribution is 2.29. The SMILES string of the molecule is CCC(CC(N)c1ccc(Cl)c(C)c1)c1ncc[nH]1. The van der Waals surface area contributed by atoms with E-state index in [0.717, 1.165) is 34.8 Å². The first kappa shape index (κ1) is 14.1. The fraction of sp³-hybridized carbons (Fsp3) is 0.400. The molecule has 0 bridgehead atoms. The number of aromatic amines is 1. The van der Waals surface area contributed by atoms with Gasteiger partial charge in [0.2, 0.25) is 0 Å². The molecule has 3 N–H and O–H groups in total. The van der Waals surface area contributed by atoms with E-state index in [1.807, 2.05) is 25.3 Å². The summed E-state index contributed by atoms with van der Waals surface area (Å²) in [7, 11) is 0. The van der Waals surface area contributed by atoms with E-state index in [1.54, 1.807) is 6.20 Å². The molecule has 0 saturated heterocycles. The molecule has 1 aromatic heterocycles. The van der Waals surface area contributed by atoms with Crippen molar-refractivity contribution in [1.29, 1.82) is 0 Å². The van der Waals surface area contributed by atoms with Gasteiger partial charge in [-0.3, -0.25) is 0 Å². The molecular weight excluding hydrogens is 258 g/mol. The maximum atomic E-state index is 6.31. The number of nitrogens with two attached hydrogens (primary N) is 1. The van der Waals surface area contributed by atoms with Crippen molar-refractivity contribution in [3.05, 3.63) is 52.6 Å². The first-order valence-corrected chi connectivity index (χ1v) is 7.00. The largest absolute Gasteiger partial charge is 0.348 e. The standard InChI is InChI=1S/C15H20ClN3/c1-3-11(15-18-6-7-19-15)9-14(17)12-4-5-13(16)10(2)8-12/h4-8,11,14H,3,9,17H2,1-2H3,(H,18,19). The maximum Gasteiger partial charge on any atom is 0.109 e. The Labute approximate surface area is 119 Å². The summed E-state index contributed by atoms with van der Waals surface area (Å²) in [6, 6.07) is 6.00. The first-order chi connectivity index (χ1) is 9.11. The Bertz CT molecular complexity index is 522. The van der Waals surface area contributed by atoms with Crippen LogP contribution in [0.15, 0.2) is 30.6 Å². The van der Waals surface area contributed by atoms with Gasteiger partial charge in [0.25, 0.3) is 0 Å². The number of halogens is 1. The van der Waals surface area contributed by atoms with Gasteiger partial charge in [0, 0.05) is 29.4 Å². The van der Waals surface area contributed by atoms with Gasteiger partial charge in [0.15, 0.2) is 0 Å². The zero-order valence-electron chi connectivity index (χ0n) is 11.4. The number of hydrogen-bond acceptors (Lipinski definition) is 2. The van der Waals surface area contributed by atoms with E-state index in [2.05, 4.69) is 23.0 Å². The molecule has 3 nitrogen and oxygen atoms in total. The van der Waals surface area contributed by atoms with E-state index in [9.17, 15) is 0 Å². The lowest BCUT2D eigenvalue weighted by Crippen LogP contribution is -2.15. The van der Waals surface area contributed by atoms with Crippen LogP contribution < -0.4 is 5.73 Å². The van der Waals surface area contributed by atoms with Gasteiger partial charge in [-0.25, -0.2) is 4.98 Å². The van der Waals surface area contributed by atoms with E-state index in [1.165, 1.54) is 0 Å². The highest BCUT2D eigenvalue weighted by molar-refractivity contribution is 6.31. The van der Waals surface area contributed by atoms with Gasteiger partial charge in [-0.2, -0.15) is 0 Å². The Morgan fingerprint density at radius 3 is 2.79 bits per heavy atom. The Morgan fingerprint density at radius 2 is 2.21 bits per heavy atom. The maximum absolute atomic E-state index is 6.31. The van der Waals surface area contributed by atoms with Gasteiger partial charge in [0.05, 0.1) is 0 Å². The number of imidazole rings is 1. The minimum absolute atomic E-state index is 0.00557. The van der Waals surface area contributed by atoms with Crippen molar-refractivity contribution in [2.45, 2.75) is 38.6 Å². The summed E-state index contributed by atoms with van der Waals surface area (Å²) in [5.41, 5.74) is 8.51. The number of rotatable bonds is 5. The number of H-pyrrole nitrogens is 1. The van der Waals surface area contributed by atoms with Crippen molar-refractivity contribution in [2.75, 3.05) is 0 Å². The van der Waals surface area contributed by atoms with Crippen molar-refractivity contribution >= 4 is 11.6 Å². The van der Waals surface area contributed by atoms with Crippen LogP contribution in [0.25, 0.3) is 0 Å². The summed E-state index contributed by atoms with van der Waals surface area (Å²) in [4.78, 5) is 7.51. The molecule has 0 aliphatic rings. The van der Waals surface area contributed by atoms with E-state index >= 15 is 0 Å². The fourth-order valence-corrected chi connectivity index (χ4v) is 2.43. The van der Waals surface area contributed by atoms with Crippen molar-refractivity contribution < 1.29 is 0 Å². The number of benzene rings is 1. The molecule has 4 heteroatoms. The molecule has 0 fully saturated rings. The molecule has 2 atom stereocenters. The van der Waals surface area contributed by atoms with Crippen LogP contribution in [-0.4, -0.2) is 9.97 Å². The molecule has 0 spiro atoms. The van der Waals surface area contributed by atoms with Gasteiger partial charge in [-0.15, -0.1) is 0 Å². The first-order valence-electron chi connectivity index (χ1n) is 6.62. The van der Waals surface area contributed by atoms with Crippen LogP contribution >= 0.6 is 11.6 Å². The summed E-state index contributed by atoms with van der Waals surface area (Å²) in [5, 5.41) is 0.786. The minimum Gasteiger partial charge on any atom is -0.348 e. The van der Waals surface area contributed by atoms with Gasteiger partial charge in [-0.1, -0.05) is 30.7 Å². The zero-order chi connectivity index (χ0) is 13.8. The number of aryl methyl sites for hydroxylation is 1. The normalized spacial score (nSPS) is 14.3. The lowest BCUT2D eigenvalue weighted by Gasteiger charge is -2.19. The third-order valence-corrected chi connectivity index (χ3v) is 3.97. The molecule has 0 radical (unpaired) electrons. The van der Waals surface area contributed by atoms with Crippen molar-refractivity contribution in [1.82, 2.24) is 9.97 Å². The van der Waals surface area contributed by atoms with E-state index < -0.39 is 0 Å². The molecular formula is C15H20ClN3. The summed E-state index contributed by atoms with van der Waals surface area (Å²) in [5.74, 6) is 1.38. The van der Waals surface area contributed by atoms with Crippen molar-refractivity contribution in [2.24, 2.45) is 5.73 Å². The third kappa shape index (κ3) is 3.37. The second kappa shape index (κ2) is 6.22. The average Bonchev–Trinajstić information content (AvgIpc) is 2.92. The second-order valence-electron chi connectivity index (χ2n) is 4.93. The number of nitrogens with one attached hydrogen (secondary N) is 1. The van der Waals surface area contributed by atoms with Crippen LogP contribution in [0, 0.1) is 6.92 Å². The van der Waals surface area contributed by atoms with Crippen LogP contribution in [0.2, 0.25) is 5.02 Å². The van der Waals surface area contributed by atoms with Crippen molar-refractivity contribution in [3.8, 4) is 0 Å². The average molecular weight is 278 g/mol.